The number of benzene rings is 3. The molecule has 0 N–H and O–H groups in total. The molecule has 2 unspecified atom stereocenters. The van der Waals surface area contributed by atoms with E-state index in [0.29, 0.717) is 23.1 Å². The quantitative estimate of drug-likeness (QED) is 0.154. The molecule has 2 bridgehead atoms. The number of aromatic nitrogens is 3. The van der Waals surface area contributed by atoms with E-state index in [1.807, 2.05) is 72.3 Å². The van der Waals surface area contributed by atoms with E-state index in [0.717, 1.165) is 71.0 Å². The average molecular weight is 1070 g/mol. The molecule has 6 fully saturated rings. The van der Waals surface area contributed by atoms with Crippen molar-refractivity contribution in [3.8, 4) is 0 Å². The van der Waals surface area contributed by atoms with Gasteiger partial charge in [-0.05, 0) is 215 Å². The predicted molar refractivity (Wildman–Crippen MR) is 318 cm³/mol. The van der Waals surface area contributed by atoms with Crippen LogP contribution >= 0.6 is 0 Å². The van der Waals surface area contributed by atoms with Gasteiger partial charge in [-0.25, -0.2) is 23.1 Å². The van der Waals surface area contributed by atoms with Crippen molar-refractivity contribution in [2.75, 3.05) is 19.8 Å². The third kappa shape index (κ3) is 31.1. The van der Waals surface area contributed by atoms with Crippen LogP contribution in [0.1, 0.15) is 188 Å². The highest BCUT2D eigenvalue weighted by Crippen LogP contribution is 2.56. The van der Waals surface area contributed by atoms with Crippen molar-refractivity contribution in [2.45, 2.75) is 214 Å². The molecule has 2 aromatic heterocycles. The van der Waals surface area contributed by atoms with E-state index in [-0.39, 0.29) is 17.7 Å². The second-order valence-corrected chi connectivity index (χ2v) is 24.2. The summed E-state index contributed by atoms with van der Waals surface area (Å²) in [5.41, 5.74) is 9.97. The van der Waals surface area contributed by atoms with Gasteiger partial charge in [0.2, 0.25) is 0 Å². The van der Waals surface area contributed by atoms with Crippen LogP contribution in [0.4, 0.5) is 13.2 Å². The summed E-state index contributed by atoms with van der Waals surface area (Å²) >= 11 is 0. The lowest BCUT2D eigenvalue weighted by atomic mass is 9.55. The second-order valence-electron chi connectivity index (χ2n) is 24.2. The fourth-order valence-corrected chi connectivity index (χ4v) is 8.80. The molecule has 3 aromatic carbocycles. The van der Waals surface area contributed by atoms with Gasteiger partial charge in [-0.1, -0.05) is 121 Å². The van der Waals surface area contributed by atoms with E-state index in [1.165, 1.54) is 119 Å². The number of pyridine rings is 1. The van der Waals surface area contributed by atoms with Gasteiger partial charge in [-0.2, -0.15) is 0 Å². The molecule has 4 aliphatic carbocycles. The molecule has 4 heterocycles. The Bertz CT molecular complexity index is 2020. The molecule has 11 rings (SSSR count). The summed E-state index contributed by atoms with van der Waals surface area (Å²) < 4.78 is 53.5. The molecule has 430 valence electrons. The highest BCUT2D eigenvalue weighted by molar-refractivity contribution is 5.24. The molecule has 2 saturated heterocycles. The zero-order chi connectivity index (χ0) is 57.7. The molecule has 77 heavy (non-hydrogen) atoms. The van der Waals surface area contributed by atoms with Crippen LogP contribution in [0.3, 0.4) is 0 Å². The second kappa shape index (κ2) is 35.9. The Morgan fingerprint density at radius 2 is 0.792 bits per heavy atom. The first-order valence-corrected chi connectivity index (χ1v) is 28.8. The Balaban J connectivity index is 0.000000297. The highest BCUT2D eigenvalue weighted by atomic mass is 19.1. The maximum absolute atomic E-state index is 12.6. The standard InChI is InChI=1S/C10H18.C8H8F2.C8H9F.C8H16.C8H10.C7H9N.C7H14O.C6H8N2.C6H12O2/c1-9-3-6-10(2,7-4-9)8-5-9;1-5-3-7(9)6(2)8(10)4-5;1-6-3-4-7(2)8(9)5-6;2*1-7-3-5-8(2)6-4-7;2*1-6-3-4-7(2)8-5-6;2*1-5-3-7-6(2)8-4-5/h3-8H2,1-2H3;3-4H,1-2H3;3-5H,1-2H3;7-8H,3-6H2,1-2H3;3-6H,1-2H3;3-5H,1-2H3;6-7H,3-5H2,1-2H3;3-4H,1-2H3;5-6H,3-4H2,1-2H3. The number of fused-ring (bicyclic) bond motifs is 3. The van der Waals surface area contributed by atoms with Gasteiger partial charge in [0.25, 0.3) is 0 Å². The Hall–Kier alpha value is -4.44. The van der Waals surface area contributed by atoms with E-state index >= 15 is 0 Å². The predicted octanol–water partition coefficient (Wildman–Crippen LogP) is 19.2. The first-order chi connectivity index (χ1) is 36.2. The minimum atomic E-state index is -0.475. The molecule has 0 radical (unpaired) electrons. The molecule has 0 amide bonds. The van der Waals surface area contributed by atoms with Gasteiger partial charge in [-0.15, -0.1) is 0 Å². The van der Waals surface area contributed by atoms with Gasteiger partial charge in [0.05, 0.1) is 19.3 Å². The SMILES string of the molecule is CC12CCC(C)(CC1)CC2.CC1CCC(C)CC1.CC1CCC(C)OC1.CC1COC(C)OC1.Cc1cc(F)c(C)c(F)c1.Cc1ccc(C)c(F)c1.Cc1ccc(C)cc1.Cc1ccc(C)nc1.Cc1cnc(C)nc1. The number of nitrogens with zero attached hydrogens (tertiary/aromatic N) is 3. The van der Waals surface area contributed by atoms with Crippen molar-refractivity contribution in [3.05, 3.63) is 159 Å². The fraction of sp³-hybridized carbons (Fsp3) is 0.603. The van der Waals surface area contributed by atoms with E-state index in [1.54, 1.807) is 19.9 Å². The van der Waals surface area contributed by atoms with Gasteiger partial charge in [-0.3, -0.25) is 4.98 Å². The number of halogens is 3. The van der Waals surface area contributed by atoms with E-state index < -0.39 is 11.6 Å². The molecular formula is C68H104F3N3O3. The largest absolute Gasteiger partial charge is 0.378 e. The van der Waals surface area contributed by atoms with Crippen LogP contribution in [0.5, 0.6) is 0 Å². The third-order valence-corrected chi connectivity index (χ3v) is 15.2. The summed E-state index contributed by atoms with van der Waals surface area (Å²) in [5, 5.41) is 0. The van der Waals surface area contributed by atoms with Gasteiger partial charge in [0, 0.05) is 42.4 Å². The lowest BCUT2D eigenvalue weighted by Crippen LogP contribution is -2.37. The summed E-state index contributed by atoms with van der Waals surface area (Å²) in [6, 6.07) is 20.4. The molecule has 5 aromatic rings. The highest BCUT2D eigenvalue weighted by Gasteiger charge is 2.43. The van der Waals surface area contributed by atoms with E-state index in [2.05, 4.69) is 108 Å². The minimum absolute atomic E-state index is 0.0196. The normalized spacial score (nSPS) is 24.6. The zero-order valence-corrected chi connectivity index (χ0v) is 51.4. The molecule has 4 saturated carbocycles. The molecule has 6 nitrogen and oxygen atoms in total. The smallest absolute Gasteiger partial charge is 0.154 e. The van der Waals surface area contributed by atoms with Crippen molar-refractivity contribution in [1.29, 1.82) is 0 Å². The first-order valence-electron chi connectivity index (χ1n) is 28.8. The molecule has 6 aliphatic rings. The van der Waals surface area contributed by atoms with Crippen LogP contribution in [-0.4, -0.2) is 47.2 Å². The van der Waals surface area contributed by atoms with Crippen LogP contribution in [-0.2, 0) is 14.2 Å². The van der Waals surface area contributed by atoms with E-state index in [9.17, 15) is 13.2 Å². The van der Waals surface area contributed by atoms with Crippen LogP contribution in [0.2, 0.25) is 0 Å². The monoisotopic (exact) mass is 1070 g/mol. The lowest BCUT2D eigenvalue weighted by Gasteiger charge is -2.50. The third-order valence-electron chi connectivity index (χ3n) is 15.2. The minimum Gasteiger partial charge on any atom is -0.378 e. The number of hydrogen-bond acceptors (Lipinski definition) is 6. The maximum Gasteiger partial charge on any atom is 0.154 e. The molecule has 2 atom stereocenters. The number of hydrogen-bond donors (Lipinski definition) is 0. The molecular weight excluding hydrogens is 964 g/mol. The molecule has 0 spiro atoms. The fourth-order valence-electron chi connectivity index (χ4n) is 8.80. The first kappa shape index (κ1) is 68.7. The van der Waals surface area contributed by atoms with Crippen molar-refractivity contribution in [3.63, 3.8) is 0 Å². The number of aryl methyl sites for hydroxylation is 9. The van der Waals surface area contributed by atoms with Crippen molar-refractivity contribution in [2.24, 2.45) is 34.5 Å². The van der Waals surface area contributed by atoms with Gasteiger partial charge < -0.3 is 14.2 Å². The lowest BCUT2D eigenvalue weighted by molar-refractivity contribution is -0.187. The summed E-state index contributed by atoms with van der Waals surface area (Å²) in [7, 11) is 0. The Kier molecular flexibility index (Phi) is 32.1. The Labute approximate surface area is 467 Å². The van der Waals surface area contributed by atoms with Gasteiger partial charge in [0.15, 0.2) is 6.29 Å². The molecule has 2 aliphatic heterocycles. The number of rotatable bonds is 0. The number of ether oxygens (including phenoxy) is 3. The van der Waals surface area contributed by atoms with Crippen LogP contribution < -0.4 is 0 Å². The van der Waals surface area contributed by atoms with Gasteiger partial charge in [0.1, 0.15) is 23.3 Å². The summed E-state index contributed by atoms with van der Waals surface area (Å²) in [6.45, 7) is 39.6. The van der Waals surface area contributed by atoms with E-state index in [4.69, 9.17) is 14.2 Å². The Morgan fingerprint density at radius 1 is 0.403 bits per heavy atom. The Morgan fingerprint density at radius 3 is 1.13 bits per heavy atom. The van der Waals surface area contributed by atoms with Crippen LogP contribution in [0, 0.1) is 121 Å². The van der Waals surface area contributed by atoms with Crippen molar-refractivity contribution in [1.82, 2.24) is 15.0 Å². The summed E-state index contributed by atoms with van der Waals surface area (Å²) in [5.74, 6) is 3.18. The summed E-state index contributed by atoms with van der Waals surface area (Å²) in [4.78, 5) is 12.0. The summed E-state index contributed by atoms with van der Waals surface area (Å²) in [6.07, 6.45) is 23.5. The van der Waals surface area contributed by atoms with Gasteiger partial charge >= 0.3 is 0 Å². The van der Waals surface area contributed by atoms with Crippen molar-refractivity contribution < 1.29 is 27.4 Å². The topological polar surface area (TPSA) is 66.4 Å². The zero-order valence-electron chi connectivity index (χ0n) is 51.4. The maximum atomic E-state index is 12.6. The van der Waals surface area contributed by atoms with Crippen LogP contribution in [0.15, 0.2) is 85.3 Å². The van der Waals surface area contributed by atoms with Crippen molar-refractivity contribution >= 4 is 0 Å². The van der Waals surface area contributed by atoms with Crippen LogP contribution in [0.25, 0.3) is 0 Å². The molecule has 9 heteroatoms. The average Bonchev–Trinajstić information content (AvgIpc) is 3.39.